The van der Waals surface area contributed by atoms with Crippen LogP contribution in [0.15, 0.2) is 0 Å². The topological polar surface area (TPSA) is 89.8 Å². The Morgan fingerprint density at radius 1 is 0.704 bits per heavy atom. The Hall–Kier alpha value is -0.650. The van der Waals surface area contributed by atoms with Gasteiger partial charge in [-0.3, -0.25) is 4.79 Å². The number of aliphatic hydroxyl groups is 2. The van der Waals surface area contributed by atoms with E-state index in [1.54, 1.807) is 0 Å². The molecule has 5 nitrogen and oxygen atoms in total. The molecule has 0 heterocycles. The number of carboxylic acids is 1. The van der Waals surface area contributed by atoms with Crippen LogP contribution in [0.1, 0.15) is 104 Å². The normalized spacial score (nSPS) is 10.7. The molecule has 0 saturated heterocycles. The van der Waals surface area contributed by atoms with Crippen molar-refractivity contribution in [2.24, 2.45) is 5.92 Å². The Morgan fingerprint density at radius 3 is 1.41 bits per heavy atom. The Kier molecular flexibility index (Phi) is 26.8. The summed E-state index contributed by atoms with van der Waals surface area (Å²) in [7, 11) is 0. The zero-order valence-electron chi connectivity index (χ0n) is 18.1. The molecule has 5 heteroatoms. The quantitative estimate of drug-likeness (QED) is 0.239. The predicted octanol–water partition coefficient (Wildman–Crippen LogP) is 4.75. The molecule has 4 N–H and O–H groups in total. The number of nitrogens with one attached hydrogen (secondary N) is 1. The standard InChI is InChI=1S/C18H36O2.C4H11NO2/c1-17(2)15-13-11-9-7-5-3-4-6-8-10-12-14-16-18(19)20;6-3-1-5-2-4-7/h17H,3-16H2,1-2H3,(H,19,20);5-7H,1-4H2. The Balaban J connectivity index is 0. The van der Waals surface area contributed by atoms with Crippen LogP contribution in [0.3, 0.4) is 0 Å². The van der Waals surface area contributed by atoms with Crippen molar-refractivity contribution in [2.45, 2.75) is 104 Å². The number of hydrogen-bond donors (Lipinski definition) is 4. The van der Waals surface area contributed by atoms with Gasteiger partial charge in [0.05, 0.1) is 13.2 Å². The fourth-order valence-electron chi connectivity index (χ4n) is 2.88. The minimum Gasteiger partial charge on any atom is -0.481 e. The molecular formula is C22H47NO4. The number of hydrogen-bond acceptors (Lipinski definition) is 4. The minimum absolute atomic E-state index is 0.139. The number of carboxylic acid groups (broad SMARTS) is 1. The van der Waals surface area contributed by atoms with E-state index >= 15 is 0 Å². The summed E-state index contributed by atoms with van der Waals surface area (Å²) in [5.74, 6) is 0.212. The summed E-state index contributed by atoms with van der Waals surface area (Å²) < 4.78 is 0. The number of carbonyl (C=O) groups is 1. The van der Waals surface area contributed by atoms with Gasteiger partial charge < -0.3 is 20.6 Å². The molecule has 0 saturated carbocycles. The molecule has 0 radical (unpaired) electrons. The first-order valence-corrected chi connectivity index (χ1v) is 11.2. The average Bonchev–Trinajstić information content (AvgIpc) is 2.62. The van der Waals surface area contributed by atoms with E-state index in [0.717, 1.165) is 18.8 Å². The highest BCUT2D eigenvalue weighted by Gasteiger charge is 1.97. The van der Waals surface area contributed by atoms with E-state index in [0.29, 0.717) is 19.5 Å². The second kappa shape index (κ2) is 25.4. The molecule has 0 unspecified atom stereocenters. The lowest BCUT2D eigenvalue weighted by molar-refractivity contribution is -0.137. The van der Waals surface area contributed by atoms with Crippen molar-refractivity contribution in [3.05, 3.63) is 0 Å². The second-order valence-corrected chi connectivity index (χ2v) is 7.77. The number of aliphatic hydroxyl groups excluding tert-OH is 2. The number of rotatable bonds is 19. The second-order valence-electron chi connectivity index (χ2n) is 7.77. The number of unbranched alkanes of at least 4 members (excludes halogenated alkanes) is 11. The Bertz CT molecular complexity index is 281. The first-order chi connectivity index (χ1) is 13.0. The van der Waals surface area contributed by atoms with Crippen LogP contribution in [-0.2, 0) is 4.79 Å². The summed E-state index contributed by atoms with van der Waals surface area (Å²) in [5.41, 5.74) is 0. The molecule has 0 aliphatic rings. The van der Waals surface area contributed by atoms with Crippen molar-refractivity contribution >= 4 is 5.97 Å². The van der Waals surface area contributed by atoms with Gasteiger partial charge in [0, 0.05) is 19.5 Å². The van der Waals surface area contributed by atoms with Crippen molar-refractivity contribution in [3.63, 3.8) is 0 Å². The molecule has 0 atom stereocenters. The van der Waals surface area contributed by atoms with E-state index in [1.165, 1.54) is 70.6 Å². The molecule has 0 aliphatic heterocycles. The van der Waals surface area contributed by atoms with Gasteiger partial charge in [0.1, 0.15) is 0 Å². The molecule has 0 aromatic rings. The third kappa shape index (κ3) is 33.4. The van der Waals surface area contributed by atoms with Crippen molar-refractivity contribution in [1.29, 1.82) is 0 Å². The minimum atomic E-state index is -0.654. The van der Waals surface area contributed by atoms with Crippen molar-refractivity contribution < 1.29 is 20.1 Å². The molecular weight excluding hydrogens is 342 g/mol. The van der Waals surface area contributed by atoms with Gasteiger partial charge in [-0.05, 0) is 12.3 Å². The van der Waals surface area contributed by atoms with E-state index < -0.39 is 5.97 Å². The van der Waals surface area contributed by atoms with Crippen LogP contribution in [0.25, 0.3) is 0 Å². The van der Waals surface area contributed by atoms with Gasteiger partial charge in [-0.2, -0.15) is 0 Å². The molecule has 0 amide bonds. The third-order valence-corrected chi connectivity index (χ3v) is 4.50. The van der Waals surface area contributed by atoms with E-state index in [2.05, 4.69) is 19.2 Å². The fraction of sp³-hybridized carbons (Fsp3) is 0.955. The average molecular weight is 390 g/mol. The maximum absolute atomic E-state index is 10.3. The van der Waals surface area contributed by atoms with Crippen LogP contribution in [0, 0.1) is 5.92 Å². The van der Waals surface area contributed by atoms with Gasteiger partial charge in [-0.15, -0.1) is 0 Å². The largest absolute Gasteiger partial charge is 0.481 e. The van der Waals surface area contributed by atoms with Gasteiger partial charge in [-0.1, -0.05) is 90.9 Å². The van der Waals surface area contributed by atoms with Crippen LogP contribution in [0.5, 0.6) is 0 Å². The first kappa shape index (κ1) is 28.6. The fourth-order valence-corrected chi connectivity index (χ4v) is 2.88. The lowest BCUT2D eigenvalue weighted by atomic mass is 10.0. The van der Waals surface area contributed by atoms with Crippen molar-refractivity contribution in [3.8, 4) is 0 Å². The molecule has 164 valence electrons. The van der Waals surface area contributed by atoms with Crippen molar-refractivity contribution in [2.75, 3.05) is 26.3 Å². The molecule has 0 fully saturated rings. The van der Waals surface area contributed by atoms with E-state index in [9.17, 15) is 4.79 Å². The van der Waals surface area contributed by atoms with Gasteiger partial charge in [0.25, 0.3) is 0 Å². The van der Waals surface area contributed by atoms with E-state index in [-0.39, 0.29) is 13.2 Å². The molecule has 0 aliphatic carbocycles. The van der Waals surface area contributed by atoms with Gasteiger partial charge in [-0.25, -0.2) is 0 Å². The summed E-state index contributed by atoms with van der Waals surface area (Å²) in [6.45, 7) is 6.03. The Labute approximate surface area is 168 Å². The zero-order chi connectivity index (χ0) is 20.6. The summed E-state index contributed by atoms with van der Waals surface area (Å²) in [6, 6.07) is 0. The van der Waals surface area contributed by atoms with Crippen LogP contribution in [0.4, 0.5) is 0 Å². The molecule has 0 bridgehead atoms. The molecule has 0 rings (SSSR count). The van der Waals surface area contributed by atoms with Gasteiger partial charge in [0.15, 0.2) is 0 Å². The lowest BCUT2D eigenvalue weighted by Crippen LogP contribution is -2.21. The summed E-state index contributed by atoms with van der Waals surface area (Å²) in [6.07, 6.45) is 17.3. The highest BCUT2D eigenvalue weighted by atomic mass is 16.4. The van der Waals surface area contributed by atoms with Crippen molar-refractivity contribution in [1.82, 2.24) is 5.32 Å². The SMILES string of the molecule is CC(C)CCCCCCCCCCCCCCC(=O)O.OCCNCCO. The highest BCUT2D eigenvalue weighted by Crippen LogP contribution is 2.14. The monoisotopic (exact) mass is 389 g/mol. The van der Waals surface area contributed by atoms with Crippen LogP contribution >= 0.6 is 0 Å². The lowest BCUT2D eigenvalue weighted by Gasteiger charge is -2.04. The van der Waals surface area contributed by atoms with Gasteiger partial charge in [0.2, 0.25) is 0 Å². The first-order valence-electron chi connectivity index (χ1n) is 11.2. The predicted molar refractivity (Wildman–Crippen MR) is 114 cm³/mol. The molecule has 27 heavy (non-hydrogen) atoms. The molecule has 0 aromatic heterocycles. The smallest absolute Gasteiger partial charge is 0.303 e. The maximum atomic E-state index is 10.3. The molecule has 0 aromatic carbocycles. The number of aliphatic carboxylic acids is 1. The third-order valence-electron chi connectivity index (χ3n) is 4.50. The van der Waals surface area contributed by atoms with E-state index in [4.69, 9.17) is 15.3 Å². The van der Waals surface area contributed by atoms with E-state index in [1.807, 2.05) is 0 Å². The van der Waals surface area contributed by atoms with Crippen LogP contribution in [-0.4, -0.2) is 47.6 Å². The highest BCUT2D eigenvalue weighted by molar-refractivity contribution is 5.66. The van der Waals surface area contributed by atoms with Crippen LogP contribution in [0.2, 0.25) is 0 Å². The summed E-state index contributed by atoms with van der Waals surface area (Å²) in [4.78, 5) is 10.3. The maximum Gasteiger partial charge on any atom is 0.303 e. The van der Waals surface area contributed by atoms with Gasteiger partial charge >= 0.3 is 5.97 Å². The Morgan fingerprint density at radius 2 is 1.07 bits per heavy atom. The zero-order valence-corrected chi connectivity index (χ0v) is 18.1. The van der Waals surface area contributed by atoms with Crippen LogP contribution < -0.4 is 5.32 Å². The summed E-state index contributed by atoms with van der Waals surface area (Å²) in [5, 5.41) is 27.6. The molecule has 0 spiro atoms. The summed E-state index contributed by atoms with van der Waals surface area (Å²) >= 11 is 0.